The van der Waals surface area contributed by atoms with Crippen molar-refractivity contribution in [3.05, 3.63) is 77.6 Å². The average molecular weight is 535 g/mol. The lowest BCUT2D eigenvalue weighted by Gasteiger charge is -2.15. The van der Waals surface area contributed by atoms with Crippen LogP contribution < -0.4 is 20.7 Å². The lowest BCUT2D eigenvalue weighted by Crippen LogP contribution is -2.21. The van der Waals surface area contributed by atoms with Gasteiger partial charge in [0.15, 0.2) is 5.78 Å². The Morgan fingerprint density at radius 1 is 0.973 bits per heavy atom. The van der Waals surface area contributed by atoms with Crippen LogP contribution in [0.5, 0.6) is 11.5 Å². The molecule has 2 aromatic carbocycles. The Labute approximate surface area is 215 Å². The minimum Gasteiger partial charge on any atom is -0.457 e. The Kier molecular flexibility index (Phi) is 8.72. The van der Waals surface area contributed by atoms with Crippen molar-refractivity contribution in [2.45, 2.75) is 24.9 Å². The molecule has 3 N–H and O–H groups in total. The maximum Gasteiger partial charge on any atom is 0.416 e. The largest absolute Gasteiger partial charge is 0.457 e. The molecule has 0 fully saturated rings. The van der Waals surface area contributed by atoms with E-state index < -0.39 is 35.4 Å². The van der Waals surface area contributed by atoms with Gasteiger partial charge in [-0.25, -0.2) is 4.79 Å². The predicted octanol–water partition coefficient (Wildman–Crippen LogP) is 5.64. The molecule has 3 aromatic rings. The highest BCUT2D eigenvalue weighted by Crippen LogP contribution is 2.34. The van der Waals surface area contributed by atoms with Gasteiger partial charge >= 0.3 is 12.2 Å². The summed E-state index contributed by atoms with van der Waals surface area (Å²) in [6.45, 7) is 1.39. The summed E-state index contributed by atoms with van der Waals surface area (Å²) < 4.78 is 46.3. The number of pyridine rings is 1. The quantitative estimate of drug-likeness (QED) is 0.324. The molecular weight excluding hydrogens is 513 g/mol. The van der Waals surface area contributed by atoms with E-state index in [0.717, 1.165) is 12.1 Å². The van der Waals surface area contributed by atoms with Gasteiger partial charge in [-0.3, -0.25) is 14.6 Å². The van der Waals surface area contributed by atoms with Gasteiger partial charge in [0.25, 0.3) is 5.91 Å². The summed E-state index contributed by atoms with van der Waals surface area (Å²) in [7, 11) is 1.48. The molecule has 3 rings (SSSR count). The number of amides is 3. The number of nitrogens with one attached hydrogen (secondary N) is 3. The van der Waals surface area contributed by atoms with Gasteiger partial charge in [-0.15, -0.1) is 11.6 Å². The predicted molar refractivity (Wildman–Crippen MR) is 132 cm³/mol. The Hall–Kier alpha value is -4.12. The van der Waals surface area contributed by atoms with E-state index in [1.165, 1.54) is 44.4 Å². The normalized spacial score (nSPS) is 11.8. The average Bonchev–Trinajstić information content (AvgIpc) is 2.85. The van der Waals surface area contributed by atoms with Gasteiger partial charge in [-0.1, -0.05) is 6.07 Å². The number of urea groups is 1. The van der Waals surface area contributed by atoms with Crippen molar-refractivity contribution >= 4 is 40.7 Å². The first-order chi connectivity index (χ1) is 17.5. The third-order valence-corrected chi connectivity index (χ3v) is 5.26. The smallest absolute Gasteiger partial charge is 0.416 e. The van der Waals surface area contributed by atoms with Crippen LogP contribution in [0, 0.1) is 0 Å². The molecule has 194 valence electrons. The van der Waals surface area contributed by atoms with Gasteiger partial charge in [0.2, 0.25) is 0 Å². The van der Waals surface area contributed by atoms with Crippen molar-refractivity contribution in [2.75, 3.05) is 17.7 Å². The number of ketones is 1. The van der Waals surface area contributed by atoms with Crippen molar-refractivity contribution in [2.24, 2.45) is 0 Å². The maximum atomic E-state index is 13.5. The molecule has 0 saturated heterocycles. The monoisotopic (exact) mass is 534 g/mol. The second-order valence-electron chi connectivity index (χ2n) is 7.79. The number of carbonyl (C=O) groups is 3. The van der Waals surface area contributed by atoms with Crippen LogP contribution in [-0.4, -0.2) is 35.1 Å². The summed E-state index contributed by atoms with van der Waals surface area (Å²) in [4.78, 5) is 39.8. The number of nitrogens with zero attached hydrogens (tertiary/aromatic N) is 1. The van der Waals surface area contributed by atoms with Crippen molar-refractivity contribution in [3.63, 3.8) is 0 Å². The molecule has 0 aliphatic rings. The second kappa shape index (κ2) is 11.7. The van der Waals surface area contributed by atoms with Gasteiger partial charge in [0.05, 0.1) is 10.9 Å². The molecule has 8 nitrogen and oxygen atoms in total. The SMILES string of the molecule is CNC(=O)c1cc(Oc2ccc(NC(=O)Nc3ccc(CC(=O)C(C)Cl)c(C(F)(F)F)c3)cc2)ccn1. The number of ether oxygens (including phenoxy) is 1. The summed E-state index contributed by atoms with van der Waals surface area (Å²) in [5.74, 6) is -0.135. The van der Waals surface area contributed by atoms with E-state index in [0.29, 0.717) is 17.2 Å². The minimum atomic E-state index is -4.73. The molecule has 12 heteroatoms. The fraction of sp³-hybridized carbons (Fsp3) is 0.200. The molecule has 0 saturated carbocycles. The van der Waals surface area contributed by atoms with Crippen LogP contribution in [0.4, 0.5) is 29.3 Å². The van der Waals surface area contributed by atoms with Gasteiger partial charge in [0, 0.05) is 37.1 Å². The third kappa shape index (κ3) is 7.68. The first-order valence-electron chi connectivity index (χ1n) is 10.9. The number of Topliss-reactive ketones (excluding diaryl/α,β-unsaturated/α-hetero) is 1. The summed E-state index contributed by atoms with van der Waals surface area (Å²) >= 11 is 5.67. The lowest BCUT2D eigenvalue weighted by atomic mass is 10.00. The van der Waals surface area contributed by atoms with Crippen molar-refractivity contribution in [1.82, 2.24) is 10.3 Å². The van der Waals surface area contributed by atoms with E-state index in [1.807, 2.05) is 0 Å². The topological polar surface area (TPSA) is 109 Å². The van der Waals surface area contributed by atoms with Crippen LogP contribution in [0.25, 0.3) is 0 Å². The van der Waals surface area contributed by atoms with Crippen LogP contribution in [0.15, 0.2) is 60.8 Å². The highest BCUT2D eigenvalue weighted by atomic mass is 35.5. The highest BCUT2D eigenvalue weighted by Gasteiger charge is 2.34. The van der Waals surface area contributed by atoms with Crippen molar-refractivity contribution < 1.29 is 32.3 Å². The standard InChI is InChI=1S/C25H22ClF3N4O4/c1-14(26)22(34)11-15-3-4-17(12-20(15)25(27,28)29)33-24(36)32-16-5-7-18(8-6-16)37-19-9-10-31-21(13-19)23(35)30-2/h3-10,12-14H,11H2,1-2H3,(H,30,35)(H2,32,33,36). The first-order valence-corrected chi connectivity index (χ1v) is 11.3. The molecule has 0 aliphatic carbocycles. The number of benzene rings is 2. The van der Waals surface area contributed by atoms with E-state index in [1.54, 1.807) is 18.2 Å². The van der Waals surface area contributed by atoms with Crippen LogP contribution in [0.2, 0.25) is 0 Å². The van der Waals surface area contributed by atoms with E-state index in [4.69, 9.17) is 16.3 Å². The van der Waals surface area contributed by atoms with Crippen LogP contribution >= 0.6 is 11.6 Å². The molecule has 1 atom stereocenters. The zero-order valence-corrected chi connectivity index (χ0v) is 20.4. The van der Waals surface area contributed by atoms with Crippen molar-refractivity contribution in [1.29, 1.82) is 0 Å². The van der Waals surface area contributed by atoms with Gasteiger partial charge in [-0.05, 0) is 55.0 Å². The number of rotatable bonds is 8. The summed E-state index contributed by atoms with van der Waals surface area (Å²) in [6.07, 6.45) is -3.79. The Bertz CT molecular complexity index is 1300. The van der Waals surface area contributed by atoms with Crippen LogP contribution in [0.3, 0.4) is 0 Å². The molecule has 0 bridgehead atoms. The van der Waals surface area contributed by atoms with E-state index >= 15 is 0 Å². The summed E-state index contributed by atoms with van der Waals surface area (Å²) in [5.41, 5.74) is -0.849. The van der Waals surface area contributed by atoms with E-state index in [2.05, 4.69) is 20.9 Å². The molecule has 1 unspecified atom stereocenters. The highest BCUT2D eigenvalue weighted by molar-refractivity contribution is 6.31. The molecule has 0 radical (unpaired) electrons. The number of aromatic nitrogens is 1. The van der Waals surface area contributed by atoms with Crippen LogP contribution in [0.1, 0.15) is 28.5 Å². The number of carbonyl (C=O) groups excluding carboxylic acids is 3. The van der Waals surface area contributed by atoms with Crippen LogP contribution in [-0.2, 0) is 17.4 Å². The number of hydrogen-bond donors (Lipinski definition) is 3. The summed E-state index contributed by atoms with van der Waals surface area (Å²) in [6, 6.07) is 11.6. The fourth-order valence-corrected chi connectivity index (χ4v) is 3.24. The van der Waals surface area contributed by atoms with Gasteiger partial charge < -0.3 is 20.7 Å². The third-order valence-electron chi connectivity index (χ3n) is 5.02. The Morgan fingerprint density at radius 3 is 2.24 bits per heavy atom. The fourth-order valence-electron chi connectivity index (χ4n) is 3.16. The lowest BCUT2D eigenvalue weighted by molar-refractivity contribution is -0.138. The second-order valence-corrected chi connectivity index (χ2v) is 8.44. The molecule has 1 heterocycles. The molecule has 37 heavy (non-hydrogen) atoms. The number of hydrogen-bond acceptors (Lipinski definition) is 5. The number of halogens is 4. The molecule has 0 spiro atoms. The van der Waals surface area contributed by atoms with Gasteiger partial charge in [-0.2, -0.15) is 13.2 Å². The maximum absolute atomic E-state index is 13.5. The minimum absolute atomic E-state index is 0.107. The molecule has 1 aromatic heterocycles. The Morgan fingerprint density at radius 2 is 1.62 bits per heavy atom. The first kappa shape index (κ1) is 27.5. The van der Waals surface area contributed by atoms with Gasteiger partial charge in [0.1, 0.15) is 17.2 Å². The molecule has 3 amide bonds. The van der Waals surface area contributed by atoms with E-state index in [9.17, 15) is 27.6 Å². The zero-order valence-electron chi connectivity index (χ0n) is 19.7. The Balaban J connectivity index is 1.65. The van der Waals surface area contributed by atoms with Crippen molar-refractivity contribution in [3.8, 4) is 11.5 Å². The molecular formula is C25H22ClF3N4O4. The summed E-state index contributed by atoms with van der Waals surface area (Å²) in [5, 5.41) is 6.40. The zero-order chi connectivity index (χ0) is 27.2. The van der Waals surface area contributed by atoms with E-state index in [-0.39, 0.29) is 22.9 Å². The number of alkyl halides is 4. The number of anilines is 2. The molecule has 0 aliphatic heterocycles.